The van der Waals surface area contributed by atoms with Crippen molar-refractivity contribution in [2.75, 3.05) is 11.9 Å². The molecule has 7 heteroatoms. The van der Waals surface area contributed by atoms with Gasteiger partial charge in [-0.2, -0.15) is 8.78 Å². The standard InChI is InChI=1S/C12H12BrF2NO3/c1-3-19-11(18)12(14,15)10(17)16-9-6-4-5-8(13)7(9)2/h4-6H,3H2,1-2H3,(H,16,17). The Kier molecular flexibility index (Phi) is 4.99. The highest BCUT2D eigenvalue weighted by molar-refractivity contribution is 9.10. The van der Waals surface area contributed by atoms with Gasteiger partial charge in [0, 0.05) is 10.2 Å². The van der Waals surface area contributed by atoms with Crippen molar-refractivity contribution in [3.63, 3.8) is 0 Å². The van der Waals surface area contributed by atoms with Crippen molar-refractivity contribution in [1.29, 1.82) is 0 Å². The molecule has 1 aromatic carbocycles. The third-order valence-electron chi connectivity index (χ3n) is 2.33. The number of anilines is 1. The molecule has 0 aliphatic rings. The minimum atomic E-state index is -4.22. The minimum Gasteiger partial charge on any atom is -0.461 e. The van der Waals surface area contributed by atoms with E-state index in [1.165, 1.54) is 13.0 Å². The normalized spacial score (nSPS) is 11.0. The highest BCUT2D eigenvalue weighted by atomic mass is 79.9. The van der Waals surface area contributed by atoms with Crippen LogP contribution in [0.15, 0.2) is 22.7 Å². The molecule has 0 fully saturated rings. The summed E-state index contributed by atoms with van der Waals surface area (Å²) in [4.78, 5) is 22.4. The van der Waals surface area contributed by atoms with E-state index in [-0.39, 0.29) is 12.3 Å². The van der Waals surface area contributed by atoms with Gasteiger partial charge in [-0.15, -0.1) is 0 Å². The van der Waals surface area contributed by atoms with Gasteiger partial charge in [0.25, 0.3) is 0 Å². The average Bonchev–Trinajstić information content (AvgIpc) is 2.35. The molecule has 0 unspecified atom stereocenters. The molecule has 0 heterocycles. The SMILES string of the molecule is CCOC(=O)C(F)(F)C(=O)Nc1cccc(Br)c1C. The maximum atomic E-state index is 13.4. The van der Waals surface area contributed by atoms with Crippen molar-refractivity contribution in [2.24, 2.45) is 0 Å². The predicted octanol–water partition coefficient (Wildman–Crippen LogP) is 2.89. The van der Waals surface area contributed by atoms with Gasteiger partial charge < -0.3 is 10.1 Å². The van der Waals surface area contributed by atoms with Crippen LogP contribution in [-0.4, -0.2) is 24.4 Å². The zero-order valence-corrected chi connectivity index (χ0v) is 11.9. The van der Waals surface area contributed by atoms with Crippen LogP contribution in [0.1, 0.15) is 12.5 Å². The van der Waals surface area contributed by atoms with Crippen LogP contribution in [0, 0.1) is 6.92 Å². The first kappa shape index (κ1) is 15.6. The molecule has 1 rings (SSSR count). The summed E-state index contributed by atoms with van der Waals surface area (Å²) in [5, 5.41) is 2.01. The molecular formula is C12H12BrF2NO3. The number of benzene rings is 1. The van der Waals surface area contributed by atoms with Crippen LogP contribution < -0.4 is 5.32 Å². The first-order valence-corrected chi connectivity index (χ1v) is 6.21. The molecule has 0 aliphatic carbocycles. The quantitative estimate of drug-likeness (QED) is 0.679. The Bertz CT molecular complexity index is 506. The average molecular weight is 336 g/mol. The van der Waals surface area contributed by atoms with Crippen LogP contribution in [0.25, 0.3) is 0 Å². The van der Waals surface area contributed by atoms with Crippen molar-refractivity contribution in [2.45, 2.75) is 19.8 Å². The first-order valence-electron chi connectivity index (χ1n) is 5.42. The second kappa shape index (κ2) is 6.10. The molecule has 0 saturated carbocycles. The molecule has 1 amide bonds. The molecule has 0 atom stereocenters. The number of hydrogen-bond acceptors (Lipinski definition) is 3. The summed E-state index contributed by atoms with van der Waals surface area (Å²) in [6, 6.07) is 4.74. The van der Waals surface area contributed by atoms with Crippen molar-refractivity contribution < 1.29 is 23.1 Å². The highest BCUT2D eigenvalue weighted by Gasteiger charge is 2.49. The second-order valence-corrected chi connectivity index (χ2v) is 4.52. The van der Waals surface area contributed by atoms with E-state index in [1.54, 1.807) is 19.1 Å². The van der Waals surface area contributed by atoms with E-state index in [2.05, 4.69) is 20.7 Å². The number of nitrogens with one attached hydrogen (secondary N) is 1. The lowest BCUT2D eigenvalue weighted by Crippen LogP contribution is -2.43. The predicted molar refractivity (Wildman–Crippen MR) is 69.1 cm³/mol. The number of amides is 1. The molecule has 1 aromatic rings. The number of esters is 1. The molecule has 1 N–H and O–H groups in total. The van der Waals surface area contributed by atoms with Gasteiger partial charge in [0.15, 0.2) is 0 Å². The summed E-state index contributed by atoms with van der Waals surface area (Å²) >= 11 is 3.21. The summed E-state index contributed by atoms with van der Waals surface area (Å²) in [5.74, 6) is -7.79. The van der Waals surface area contributed by atoms with Crippen molar-refractivity contribution in [1.82, 2.24) is 0 Å². The van der Waals surface area contributed by atoms with Crippen LogP contribution in [0.5, 0.6) is 0 Å². The Morgan fingerprint density at radius 3 is 2.63 bits per heavy atom. The van der Waals surface area contributed by atoms with Gasteiger partial charge in [0.1, 0.15) is 0 Å². The molecule has 0 saturated heterocycles. The molecule has 4 nitrogen and oxygen atoms in total. The Morgan fingerprint density at radius 2 is 2.05 bits per heavy atom. The first-order chi connectivity index (χ1) is 8.80. The van der Waals surface area contributed by atoms with E-state index in [0.717, 1.165) is 0 Å². The molecule has 0 spiro atoms. The molecule has 104 valence electrons. The van der Waals surface area contributed by atoms with Crippen LogP contribution in [0.3, 0.4) is 0 Å². The lowest BCUT2D eigenvalue weighted by atomic mass is 10.2. The molecule has 19 heavy (non-hydrogen) atoms. The number of rotatable bonds is 4. The van der Waals surface area contributed by atoms with Crippen molar-refractivity contribution in [3.05, 3.63) is 28.2 Å². The lowest BCUT2D eigenvalue weighted by Gasteiger charge is -2.15. The van der Waals surface area contributed by atoms with E-state index in [4.69, 9.17) is 0 Å². The monoisotopic (exact) mass is 335 g/mol. The lowest BCUT2D eigenvalue weighted by molar-refractivity contribution is -0.175. The van der Waals surface area contributed by atoms with E-state index >= 15 is 0 Å². The van der Waals surface area contributed by atoms with Gasteiger partial charge in [0.2, 0.25) is 0 Å². The van der Waals surface area contributed by atoms with E-state index in [0.29, 0.717) is 10.0 Å². The topological polar surface area (TPSA) is 55.4 Å². The minimum absolute atomic E-state index is 0.198. The maximum absolute atomic E-state index is 13.4. The van der Waals surface area contributed by atoms with E-state index in [9.17, 15) is 18.4 Å². The Labute approximate surface area is 117 Å². The zero-order chi connectivity index (χ0) is 14.6. The van der Waals surface area contributed by atoms with Gasteiger partial charge >= 0.3 is 17.8 Å². The van der Waals surface area contributed by atoms with E-state index in [1.807, 2.05) is 5.32 Å². The van der Waals surface area contributed by atoms with Crippen LogP contribution in [0.2, 0.25) is 0 Å². The molecule has 0 radical (unpaired) electrons. The van der Waals surface area contributed by atoms with Gasteiger partial charge in [0.05, 0.1) is 6.61 Å². The highest BCUT2D eigenvalue weighted by Crippen LogP contribution is 2.25. The summed E-state index contributed by atoms with van der Waals surface area (Å²) in [5.41, 5.74) is 0.777. The number of carbonyl (C=O) groups excluding carboxylic acids is 2. The van der Waals surface area contributed by atoms with Crippen LogP contribution >= 0.6 is 15.9 Å². The van der Waals surface area contributed by atoms with Crippen LogP contribution in [0.4, 0.5) is 14.5 Å². The maximum Gasteiger partial charge on any atom is 0.419 e. The number of halogens is 3. The Morgan fingerprint density at radius 1 is 1.42 bits per heavy atom. The molecule has 0 aliphatic heterocycles. The van der Waals surface area contributed by atoms with Gasteiger partial charge in [-0.1, -0.05) is 22.0 Å². The fourth-order valence-corrected chi connectivity index (χ4v) is 1.62. The molecule has 0 bridgehead atoms. The van der Waals surface area contributed by atoms with Crippen molar-refractivity contribution in [3.8, 4) is 0 Å². The van der Waals surface area contributed by atoms with Crippen LogP contribution in [-0.2, 0) is 14.3 Å². The summed E-state index contributed by atoms with van der Waals surface area (Å²) in [6.45, 7) is 2.80. The van der Waals surface area contributed by atoms with Gasteiger partial charge in [-0.25, -0.2) is 4.79 Å². The Balaban J connectivity index is 2.90. The molecular weight excluding hydrogens is 324 g/mol. The zero-order valence-electron chi connectivity index (χ0n) is 10.3. The fourth-order valence-electron chi connectivity index (χ4n) is 1.26. The fraction of sp³-hybridized carbons (Fsp3) is 0.333. The second-order valence-electron chi connectivity index (χ2n) is 3.66. The number of alkyl halides is 2. The third-order valence-corrected chi connectivity index (χ3v) is 3.19. The van der Waals surface area contributed by atoms with Crippen molar-refractivity contribution >= 4 is 33.5 Å². The summed E-state index contributed by atoms with van der Waals surface area (Å²) in [6.07, 6.45) is 0. The summed E-state index contributed by atoms with van der Waals surface area (Å²) < 4.78 is 31.7. The third kappa shape index (κ3) is 3.50. The number of carbonyl (C=O) groups is 2. The molecule has 0 aromatic heterocycles. The smallest absolute Gasteiger partial charge is 0.419 e. The largest absolute Gasteiger partial charge is 0.461 e. The number of hydrogen-bond donors (Lipinski definition) is 1. The van der Waals surface area contributed by atoms with Gasteiger partial charge in [-0.3, -0.25) is 4.79 Å². The number of ether oxygens (including phenoxy) is 1. The summed E-state index contributed by atoms with van der Waals surface area (Å²) in [7, 11) is 0. The Hall–Kier alpha value is -1.50. The van der Waals surface area contributed by atoms with E-state index < -0.39 is 17.8 Å². The van der Waals surface area contributed by atoms with Gasteiger partial charge in [-0.05, 0) is 31.5 Å².